The summed E-state index contributed by atoms with van der Waals surface area (Å²) in [5.74, 6) is -1.33. The summed E-state index contributed by atoms with van der Waals surface area (Å²) in [7, 11) is 0. The normalized spacial score (nSPS) is 10.3. The van der Waals surface area contributed by atoms with Gasteiger partial charge in [0.1, 0.15) is 5.01 Å². The zero-order chi connectivity index (χ0) is 20.1. The molecule has 0 atom stereocenters. The number of nitrogens with one attached hydrogen (secondary N) is 1. The molecule has 0 unspecified atom stereocenters. The minimum Gasteiger partial charge on any atom is -0.451 e. The van der Waals surface area contributed by atoms with Gasteiger partial charge in [0.15, 0.2) is 12.3 Å². The number of rotatable bonds is 6. The Morgan fingerprint density at radius 3 is 2.68 bits per heavy atom. The van der Waals surface area contributed by atoms with Crippen molar-refractivity contribution in [3.05, 3.63) is 75.3 Å². The number of hydrogen-bond acceptors (Lipinski definition) is 7. The van der Waals surface area contributed by atoms with E-state index in [1.165, 1.54) is 29.5 Å². The number of aryl methyl sites for hydroxylation is 1. The van der Waals surface area contributed by atoms with Crippen molar-refractivity contribution in [3.8, 4) is 10.6 Å². The standard InChI is InChI=1S/C19H15N3O5S/c1-12-7-8-14(9-16(12)22(25)26)20-17(23)10-27-19(24)15-11-28-18(21-15)13-5-3-2-4-6-13/h2-9,11H,10H2,1H3,(H,20,23). The second-order valence-electron chi connectivity index (χ2n) is 5.79. The van der Waals surface area contributed by atoms with Gasteiger partial charge in [-0.3, -0.25) is 14.9 Å². The minimum atomic E-state index is -0.719. The average Bonchev–Trinajstić information content (AvgIpc) is 3.18. The molecule has 1 N–H and O–H groups in total. The molecule has 8 nitrogen and oxygen atoms in total. The predicted octanol–water partition coefficient (Wildman–Crippen LogP) is 3.82. The van der Waals surface area contributed by atoms with E-state index >= 15 is 0 Å². The van der Waals surface area contributed by atoms with Crippen LogP contribution >= 0.6 is 11.3 Å². The van der Waals surface area contributed by atoms with E-state index in [2.05, 4.69) is 10.3 Å². The van der Waals surface area contributed by atoms with Crippen LogP contribution in [0, 0.1) is 17.0 Å². The molecule has 2 aromatic carbocycles. The highest BCUT2D eigenvalue weighted by Crippen LogP contribution is 2.24. The molecule has 3 aromatic rings. The van der Waals surface area contributed by atoms with Crippen LogP contribution in [0.4, 0.5) is 11.4 Å². The Hall–Kier alpha value is -3.59. The van der Waals surface area contributed by atoms with E-state index < -0.39 is 23.4 Å². The summed E-state index contributed by atoms with van der Waals surface area (Å²) in [6.45, 7) is 1.07. The van der Waals surface area contributed by atoms with Crippen molar-refractivity contribution in [2.45, 2.75) is 6.92 Å². The Labute approximate surface area is 164 Å². The van der Waals surface area contributed by atoms with Gasteiger partial charge in [0.25, 0.3) is 11.6 Å². The predicted molar refractivity (Wildman–Crippen MR) is 104 cm³/mol. The molecule has 1 amide bonds. The Morgan fingerprint density at radius 1 is 1.21 bits per heavy atom. The zero-order valence-corrected chi connectivity index (χ0v) is 15.6. The van der Waals surface area contributed by atoms with E-state index in [4.69, 9.17) is 4.74 Å². The summed E-state index contributed by atoms with van der Waals surface area (Å²) in [6.07, 6.45) is 0. The summed E-state index contributed by atoms with van der Waals surface area (Å²) in [6, 6.07) is 13.7. The molecule has 0 saturated heterocycles. The Balaban J connectivity index is 1.58. The van der Waals surface area contributed by atoms with Crippen LogP contribution in [0.15, 0.2) is 53.9 Å². The van der Waals surface area contributed by atoms with Gasteiger partial charge in [0, 0.05) is 28.3 Å². The maximum absolute atomic E-state index is 12.1. The zero-order valence-electron chi connectivity index (χ0n) is 14.7. The number of thiazole rings is 1. The fraction of sp³-hybridized carbons (Fsp3) is 0.105. The molecule has 0 aliphatic rings. The quantitative estimate of drug-likeness (QED) is 0.384. The van der Waals surface area contributed by atoms with Gasteiger partial charge in [-0.25, -0.2) is 9.78 Å². The number of nitro benzene ring substituents is 1. The largest absolute Gasteiger partial charge is 0.451 e. The van der Waals surface area contributed by atoms with Crippen molar-refractivity contribution < 1.29 is 19.2 Å². The highest BCUT2D eigenvalue weighted by Gasteiger charge is 2.16. The molecule has 142 valence electrons. The van der Waals surface area contributed by atoms with Crippen LogP contribution in [0.3, 0.4) is 0 Å². The number of amides is 1. The minimum absolute atomic E-state index is 0.106. The maximum atomic E-state index is 12.1. The highest BCUT2D eigenvalue weighted by atomic mass is 32.1. The fourth-order valence-electron chi connectivity index (χ4n) is 2.37. The first-order chi connectivity index (χ1) is 13.4. The monoisotopic (exact) mass is 397 g/mol. The second kappa shape index (κ2) is 8.40. The molecule has 1 heterocycles. The highest BCUT2D eigenvalue weighted by molar-refractivity contribution is 7.13. The van der Waals surface area contributed by atoms with Gasteiger partial charge in [0.2, 0.25) is 0 Å². The summed E-state index contributed by atoms with van der Waals surface area (Å²) >= 11 is 1.30. The van der Waals surface area contributed by atoms with Crippen LogP contribution < -0.4 is 5.32 Å². The van der Waals surface area contributed by atoms with Gasteiger partial charge in [-0.15, -0.1) is 11.3 Å². The van der Waals surface area contributed by atoms with Crippen LogP contribution in [-0.2, 0) is 9.53 Å². The lowest BCUT2D eigenvalue weighted by Gasteiger charge is -2.06. The summed E-state index contributed by atoms with van der Waals surface area (Å²) in [4.78, 5) is 38.7. The number of ether oxygens (including phenoxy) is 1. The molecule has 9 heteroatoms. The van der Waals surface area contributed by atoms with Gasteiger partial charge in [-0.2, -0.15) is 0 Å². The van der Waals surface area contributed by atoms with Crippen molar-refractivity contribution >= 4 is 34.6 Å². The van der Waals surface area contributed by atoms with Crippen LogP contribution in [0.25, 0.3) is 10.6 Å². The van der Waals surface area contributed by atoms with Gasteiger partial charge in [-0.1, -0.05) is 36.4 Å². The third-order valence-corrected chi connectivity index (χ3v) is 4.65. The Bertz CT molecular complexity index is 1030. The first-order valence-electron chi connectivity index (χ1n) is 8.17. The first-order valence-corrected chi connectivity index (χ1v) is 9.05. The Morgan fingerprint density at radius 2 is 1.96 bits per heavy atom. The molecule has 0 aliphatic heterocycles. The molecule has 0 bridgehead atoms. The number of benzene rings is 2. The number of hydrogen-bond donors (Lipinski definition) is 1. The summed E-state index contributed by atoms with van der Waals surface area (Å²) in [5.41, 5.74) is 1.61. The number of carbonyl (C=O) groups excluding carboxylic acids is 2. The van der Waals surface area contributed by atoms with Crippen LogP contribution in [0.1, 0.15) is 16.1 Å². The number of esters is 1. The number of carbonyl (C=O) groups is 2. The van der Waals surface area contributed by atoms with Crippen molar-refractivity contribution in [1.82, 2.24) is 4.98 Å². The van der Waals surface area contributed by atoms with Crippen molar-refractivity contribution in [2.24, 2.45) is 0 Å². The van der Waals surface area contributed by atoms with Crippen LogP contribution in [0.2, 0.25) is 0 Å². The molecular formula is C19H15N3O5S. The van der Waals surface area contributed by atoms with E-state index in [0.29, 0.717) is 10.6 Å². The maximum Gasteiger partial charge on any atom is 0.358 e. The van der Waals surface area contributed by atoms with Gasteiger partial charge < -0.3 is 10.1 Å². The fourth-order valence-corrected chi connectivity index (χ4v) is 3.16. The molecular weight excluding hydrogens is 382 g/mol. The average molecular weight is 397 g/mol. The van der Waals surface area contributed by atoms with Gasteiger partial charge in [-0.05, 0) is 13.0 Å². The van der Waals surface area contributed by atoms with Crippen molar-refractivity contribution in [3.63, 3.8) is 0 Å². The molecule has 28 heavy (non-hydrogen) atoms. The molecule has 0 spiro atoms. The molecule has 3 rings (SSSR count). The summed E-state index contributed by atoms with van der Waals surface area (Å²) < 4.78 is 4.97. The summed E-state index contributed by atoms with van der Waals surface area (Å²) in [5, 5.41) is 15.6. The number of nitro groups is 1. The van der Waals surface area contributed by atoms with Crippen LogP contribution in [0.5, 0.6) is 0 Å². The third kappa shape index (κ3) is 4.57. The third-order valence-electron chi connectivity index (χ3n) is 3.76. The molecule has 0 aliphatic carbocycles. The lowest BCUT2D eigenvalue weighted by molar-refractivity contribution is -0.385. The van der Waals surface area contributed by atoms with Gasteiger partial charge in [0.05, 0.1) is 4.92 Å². The molecule has 0 radical (unpaired) electrons. The number of nitrogens with zero attached hydrogens (tertiary/aromatic N) is 2. The lowest BCUT2D eigenvalue weighted by atomic mass is 10.2. The van der Waals surface area contributed by atoms with E-state index in [-0.39, 0.29) is 17.1 Å². The topological polar surface area (TPSA) is 111 Å². The van der Waals surface area contributed by atoms with E-state index in [0.717, 1.165) is 5.56 Å². The molecule has 1 aromatic heterocycles. The first kappa shape index (κ1) is 19.2. The number of aromatic nitrogens is 1. The van der Waals surface area contributed by atoms with E-state index in [1.54, 1.807) is 12.3 Å². The second-order valence-corrected chi connectivity index (χ2v) is 6.64. The SMILES string of the molecule is Cc1ccc(NC(=O)COC(=O)c2csc(-c3ccccc3)n2)cc1[N+](=O)[O-]. The molecule has 0 fully saturated rings. The number of anilines is 1. The van der Waals surface area contributed by atoms with Gasteiger partial charge >= 0.3 is 5.97 Å². The molecule has 0 saturated carbocycles. The smallest absolute Gasteiger partial charge is 0.358 e. The van der Waals surface area contributed by atoms with E-state index in [1.807, 2.05) is 30.3 Å². The lowest BCUT2D eigenvalue weighted by Crippen LogP contribution is -2.21. The van der Waals surface area contributed by atoms with E-state index in [9.17, 15) is 19.7 Å². The van der Waals surface area contributed by atoms with Crippen molar-refractivity contribution in [1.29, 1.82) is 0 Å². The van der Waals surface area contributed by atoms with Crippen molar-refractivity contribution in [2.75, 3.05) is 11.9 Å². The van der Waals surface area contributed by atoms with Crippen LogP contribution in [-0.4, -0.2) is 28.4 Å². The Kier molecular flexibility index (Phi) is 5.75.